The van der Waals surface area contributed by atoms with Crippen molar-refractivity contribution in [2.45, 2.75) is 58.2 Å². The third kappa shape index (κ3) is 5.75. The molecule has 1 aliphatic rings. The Hall–Kier alpha value is -0.220. The summed E-state index contributed by atoms with van der Waals surface area (Å²) < 4.78 is 0. The number of hydrogen-bond donors (Lipinski definition) is 2. The van der Waals surface area contributed by atoms with Gasteiger partial charge >= 0.3 is 0 Å². The molecule has 0 spiro atoms. The van der Waals surface area contributed by atoms with E-state index in [1.165, 1.54) is 24.3 Å². The molecule has 0 aliphatic carbocycles. The molecule has 1 fully saturated rings. The minimum absolute atomic E-state index is 0.151. The van der Waals surface area contributed by atoms with Gasteiger partial charge in [-0.25, -0.2) is 0 Å². The van der Waals surface area contributed by atoms with Crippen LogP contribution in [0.1, 0.15) is 40.0 Å². The zero-order chi connectivity index (χ0) is 12.0. The first-order valence-corrected chi connectivity index (χ1v) is 7.36. The van der Waals surface area contributed by atoms with Crippen molar-refractivity contribution in [3.05, 3.63) is 0 Å². The lowest BCUT2D eigenvalue weighted by molar-refractivity contribution is -0.122. The Balaban J connectivity index is 2.18. The molecule has 0 bridgehead atoms. The van der Waals surface area contributed by atoms with E-state index in [9.17, 15) is 4.79 Å². The molecule has 94 valence electrons. The second-order valence-corrected chi connectivity index (χ2v) is 6.06. The van der Waals surface area contributed by atoms with Crippen molar-refractivity contribution in [1.82, 2.24) is 10.6 Å². The molecule has 0 saturated carbocycles. The van der Waals surface area contributed by atoms with Gasteiger partial charge in [0.2, 0.25) is 5.91 Å². The lowest BCUT2D eigenvalue weighted by Gasteiger charge is -2.26. The van der Waals surface area contributed by atoms with Crippen molar-refractivity contribution >= 4 is 17.7 Å². The van der Waals surface area contributed by atoms with E-state index < -0.39 is 0 Å². The normalized spacial score (nSPS) is 23.1. The summed E-state index contributed by atoms with van der Waals surface area (Å²) in [6.07, 6.45) is 3.13. The Morgan fingerprint density at radius 2 is 2.19 bits per heavy atom. The monoisotopic (exact) mass is 244 g/mol. The topological polar surface area (TPSA) is 41.1 Å². The van der Waals surface area contributed by atoms with Crippen LogP contribution in [0.15, 0.2) is 0 Å². The Kier molecular flexibility index (Phi) is 6.21. The summed E-state index contributed by atoms with van der Waals surface area (Å²) in [5.41, 5.74) is 0. The van der Waals surface area contributed by atoms with E-state index in [0.717, 1.165) is 0 Å². The fourth-order valence-corrected chi connectivity index (χ4v) is 3.08. The van der Waals surface area contributed by atoms with Crippen molar-refractivity contribution in [2.24, 2.45) is 0 Å². The van der Waals surface area contributed by atoms with Gasteiger partial charge in [0.05, 0.1) is 0 Å². The molecule has 0 aromatic heterocycles. The number of thioether (sulfide) groups is 1. The molecule has 2 N–H and O–H groups in total. The molecular formula is C12H24N2OS. The van der Waals surface area contributed by atoms with Gasteiger partial charge in [-0.05, 0) is 39.4 Å². The third-order valence-electron chi connectivity index (χ3n) is 2.62. The molecule has 0 radical (unpaired) electrons. The lowest BCUT2D eigenvalue weighted by Crippen LogP contribution is -2.43. The first-order chi connectivity index (χ1) is 7.58. The van der Waals surface area contributed by atoms with E-state index in [0.29, 0.717) is 12.5 Å². The highest BCUT2D eigenvalue weighted by molar-refractivity contribution is 7.99. The maximum absolute atomic E-state index is 11.5. The highest BCUT2D eigenvalue weighted by atomic mass is 32.2. The molecule has 1 rings (SSSR count). The Morgan fingerprint density at radius 1 is 1.44 bits per heavy atom. The predicted octanol–water partition coefficient (Wildman–Crippen LogP) is 1.77. The third-order valence-corrected chi connectivity index (χ3v) is 3.84. The van der Waals surface area contributed by atoms with Gasteiger partial charge in [0.25, 0.3) is 0 Å². The van der Waals surface area contributed by atoms with Crippen LogP contribution in [0, 0.1) is 0 Å². The molecule has 2 atom stereocenters. The molecule has 1 saturated heterocycles. The Bertz CT molecular complexity index is 215. The number of carbonyl (C=O) groups excluding carboxylic acids is 1. The first-order valence-electron chi connectivity index (χ1n) is 6.21. The summed E-state index contributed by atoms with van der Waals surface area (Å²) in [5, 5.41) is 6.47. The average Bonchev–Trinajstić information content (AvgIpc) is 2.17. The second kappa shape index (κ2) is 7.17. The SMILES string of the molecule is CC(C)NC(=O)CC(C)NC1CCCSC1. The summed E-state index contributed by atoms with van der Waals surface area (Å²) >= 11 is 2.01. The summed E-state index contributed by atoms with van der Waals surface area (Å²) in [5.74, 6) is 2.63. The van der Waals surface area contributed by atoms with Gasteiger partial charge in [-0.3, -0.25) is 4.79 Å². The van der Waals surface area contributed by atoms with E-state index >= 15 is 0 Å². The van der Waals surface area contributed by atoms with Crippen molar-refractivity contribution in [1.29, 1.82) is 0 Å². The molecular weight excluding hydrogens is 220 g/mol. The zero-order valence-corrected chi connectivity index (χ0v) is 11.4. The fourth-order valence-electron chi connectivity index (χ4n) is 1.99. The molecule has 1 heterocycles. The van der Waals surface area contributed by atoms with Crippen LogP contribution in [0.25, 0.3) is 0 Å². The largest absolute Gasteiger partial charge is 0.354 e. The number of rotatable bonds is 5. The Morgan fingerprint density at radius 3 is 2.75 bits per heavy atom. The fraction of sp³-hybridized carbons (Fsp3) is 0.917. The van der Waals surface area contributed by atoms with Crippen LogP contribution in [0.3, 0.4) is 0 Å². The van der Waals surface area contributed by atoms with E-state index in [2.05, 4.69) is 17.6 Å². The predicted molar refractivity (Wildman–Crippen MR) is 70.8 cm³/mol. The van der Waals surface area contributed by atoms with E-state index in [4.69, 9.17) is 0 Å². The maximum atomic E-state index is 11.5. The smallest absolute Gasteiger partial charge is 0.221 e. The molecule has 1 aliphatic heterocycles. The highest BCUT2D eigenvalue weighted by Gasteiger charge is 2.17. The zero-order valence-electron chi connectivity index (χ0n) is 10.6. The Labute approximate surface area is 103 Å². The van der Waals surface area contributed by atoms with E-state index in [1.807, 2.05) is 25.6 Å². The van der Waals surface area contributed by atoms with Gasteiger partial charge in [-0.15, -0.1) is 0 Å². The maximum Gasteiger partial charge on any atom is 0.221 e. The number of carbonyl (C=O) groups is 1. The van der Waals surface area contributed by atoms with Gasteiger partial charge in [-0.1, -0.05) is 0 Å². The van der Waals surface area contributed by atoms with Gasteiger partial charge in [0.15, 0.2) is 0 Å². The van der Waals surface area contributed by atoms with Crippen LogP contribution < -0.4 is 10.6 Å². The van der Waals surface area contributed by atoms with Crippen LogP contribution in [0.5, 0.6) is 0 Å². The van der Waals surface area contributed by atoms with Crippen LogP contribution in [-0.2, 0) is 4.79 Å². The minimum atomic E-state index is 0.151. The van der Waals surface area contributed by atoms with Crippen molar-refractivity contribution < 1.29 is 4.79 Å². The van der Waals surface area contributed by atoms with Gasteiger partial charge < -0.3 is 10.6 Å². The number of hydrogen-bond acceptors (Lipinski definition) is 3. The van der Waals surface area contributed by atoms with Crippen molar-refractivity contribution in [3.63, 3.8) is 0 Å². The summed E-state index contributed by atoms with van der Waals surface area (Å²) in [6.45, 7) is 6.08. The van der Waals surface area contributed by atoms with E-state index in [1.54, 1.807) is 0 Å². The van der Waals surface area contributed by atoms with Crippen molar-refractivity contribution in [3.8, 4) is 0 Å². The molecule has 3 nitrogen and oxygen atoms in total. The van der Waals surface area contributed by atoms with Gasteiger partial charge in [0.1, 0.15) is 0 Å². The number of nitrogens with one attached hydrogen (secondary N) is 2. The summed E-state index contributed by atoms with van der Waals surface area (Å²) in [7, 11) is 0. The molecule has 0 aromatic carbocycles. The minimum Gasteiger partial charge on any atom is -0.354 e. The number of amides is 1. The first kappa shape index (κ1) is 13.8. The average molecular weight is 244 g/mol. The van der Waals surface area contributed by atoms with Crippen LogP contribution in [0.4, 0.5) is 0 Å². The van der Waals surface area contributed by atoms with Crippen LogP contribution in [0.2, 0.25) is 0 Å². The summed E-state index contributed by atoms with van der Waals surface area (Å²) in [6, 6.07) is 1.12. The van der Waals surface area contributed by atoms with Crippen molar-refractivity contribution in [2.75, 3.05) is 11.5 Å². The molecule has 0 aromatic rings. The standard InChI is InChI=1S/C12H24N2OS/c1-9(2)13-12(15)7-10(3)14-11-5-4-6-16-8-11/h9-11,14H,4-8H2,1-3H3,(H,13,15). The highest BCUT2D eigenvalue weighted by Crippen LogP contribution is 2.17. The molecule has 1 amide bonds. The molecule has 16 heavy (non-hydrogen) atoms. The quantitative estimate of drug-likeness (QED) is 0.774. The van der Waals surface area contributed by atoms with Crippen LogP contribution in [-0.4, -0.2) is 35.5 Å². The van der Waals surface area contributed by atoms with E-state index in [-0.39, 0.29) is 18.0 Å². The molecule has 2 unspecified atom stereocenters. The van der Waals surface area contributed by atoms with Gasteiger partial charge in [-0.2, -0.15) is 11.8 Å². The second-order valence-electron chi connectivity index (χ2n) is 4.91. The van der Waals surface area contributed by atoms with Gasteiger partial charge in [0, 0.05) is 30.3 Å². The van der Waals surface area contributed by atoms with Crippen LogP contribution >= 0.6 is 11.8 Å². The molecule has 4 heteroatoms. The lowest BCUT2D eigenvalue weighted by atomic mass is 10.1. The summed E-state index contributed by atoms with van der Waals surface area (Å²) in [4.78, 5) is 11.5.